The van der Waals surface area contributed by atoms with Crippen LogP contribution in [0.4, 0.5) is 0 Å². The highest BCUT2D eigenvalue weighted by molar-refractivity contribution is 6.34. The summed E-state index contributed by atoms with van der Waals surface area (Å²) in [5, 5.41) is 3.97. The molecular weight excluding hydrogens is 790 g/mol. The van der Waals surface area contributed by atoms with Gasteiger partial charge >= 0.3 is 11.9 Å². The second-order valence-electron chi connectivity index (χ2n) is 12.4. The molecular formula is C40H40Cl4N4O7. The Bertz CT molecular complexity index is 2250. The number of nitrogens with one attached hydrogen (secondary N) is 1. The molecule has 0 aliphatic rings. The van der Waals surface area contributed by atoms with Crippen molar-refractivity contribution in [1.82, 2.24) is 14.5 Å². The molecule has 0 bridgehead atoms. The van der Waals surface area contributed by atoms with Gasteiger partial charge in [-0.3, -0.25) is 19.2 Å². The zero-order chi connectivity index (χ0) is 39.7. The summed E-state index contributed by atoms with van der Waals surface area (Å²) in [6.07, 6.45) is 3.69. The fourth-order valence-electron chi connectivity index (χ4n) is 5.61. The predicted molar refractivity (Wildman–Crippen MR) is 218 cm³/mol. The molecule has 0 saturated heterocycles. The van der Waals surface area contributed by atoms with E-state index in [9.17, 15) is 24.0 Å². The van der Waals surface area contributed by atoms with Crippen molar-refractivity contribution in [2.75, 3.05) is 14.2 Å². The number of nitrogens with zero attached hydrogens (tertiary/aromatic N) is 2. The van der Waals surface area contributed by atoms with Crippen LogP contribution < -0.4 is 22.2 Å². The van der Waals surface area contributed by atoms with Crippen LogP contribution in [-0.2, 0) is 46.0 Å². The molecule has 2 aromatic heterocycles. The fourth-order valence-corrected chi connectivity index (χ4v) is 6.42. The first kappa shape index (κ1) is 44.5. The number of nitrogens with two attached hydrogens (primary N) is 1. The van der Waals surface area contributed by atoms with Gasteiger partial charge in [0.2, 0.25) is 0 Å². The topological polar surface area (TPSA) is 152 Å². The van der Waals surface area contributed by atoms with Crippen LogP contribution in [0.15, 0.2) is 101 Å². The maximum absolute atomic E-state index is 12.8. The average molecular weight is 831 g/mol. The third kappa shape index (κ3) is 11.5. The fraction of sp³-hybridized carbons (Fsp3) is 0.225. The first-order valence-electron chi connectivity index (χ1n) is 16.5. The molecule has 0 aliphatic carbocycles. The minimum Gasteiger partial charge on any atom is -0.468 e. The molecule has 290 valence electrons. The molecule has 5 aromatic rings. The number of carbonyl (C=O) groups excluding carboxylic acids is 3. The predicted octanol–water partition coefficient (Wildman–Crippen LogP) is 6.35. The Hall–Kier alpha value is -4.91. The van der Waals surface area contributed by atoms with Gasteiger partial charge in [0.15, 0.2) is 0 Å². The number of ether oxygens (including phenoxy) is 2. The number of pyridine rings is 2. The Balaban J connectivity index is 0.000000310. The van der Waals surface area contributed by atoms with Gasteiger partial charge in [-0.05, 0) is 59.4 Å². The van der Waals surface area contributed by atoms with Crippen molar-refractivity contribution >= 4 is 65.1 Å². The Kier molecular flexibility index (Phi) is 16.3. The Morgan fingerprint density at radius 2 is 1.18 bits per heavy atom. The summed E-state index contributed by atoms with van der Waals surface area (Å²) < 4.78 is 12.3. The maximum Gasteiger partial charge on any atom is 0.328 e. The molecule has 3 aromatic carbocycles. The smallest absolute Gasteiger partial charge is 0.328 e. The van der Waals surface area contributed by atoms with Crippen LogP contribution in [0.5, 0.6) is 0 Å². The van der Waals surface area contributed by atoms with Crippen molar-refractivity contribution in [2.45, 2.75) is 31.8 Å². The van der Waals surface area contributed by atoms with Crippen LogP contribution in [0.3, 0.4) is 0 Å². The number of aryl methyl sites for hydroxylation is 3. The number of aromatic nitrogens is 2. The Morgan fingerprint density at radius 3 is 1.62 bits per heavy atom. The van der Waals surface area contributed by atoms with E-state index in [2.05, 4.69) is 10.1 Å². The van der Waals surface area contributed by atoms with Gasteiger partial charge in [0.25, 0.3) is 17.0 Å². The van der Waals surface area contributed by atoms with Crippen LogP contribution >= 0.6 is 47.2 Å². The molecule has 0 radical (unpaired) electrons. The van der Waals surface area contributed by atoms with Gasteiger partial charge in [-0.2, -0.15) is 0 Å². The van der Waals surface area contributed by atoms with Gasteiger partial charge in [-0.15, -0.1) is 12.4 Å². The zero-order valence-electron chi connectivity index (χ0n) is 30.6. The van der Waals surface area contributed by atoms with Crippen molar-refractivity contribution < 1.29 is 23.9 Å². The summed E-state index contributed by atoms with van der Waals surface area (Å²) in [5.74, 6) is -1.48. The van der Waals surface area contributed by atoms with E-state index < -0.39 is 29.9 Å². The number of methoxy groups -OCH3 is 2. The maximum atomic E-state index is 12.8. The van der Waals surface area contributed by atoms with Crippen LogP contribution in [0, 0.1) is 6.92 Å². The Labute approximate surface area is 339 Å². The third-order valence-electron chi connectivity index (χ3n) is 8.47. The number of hydrogen-bond acceptors (Lipinski definition) is 8. The van der Waals surface area contributed by atoms with Crippen LogP contribution in [0.2, 0.25) is 15.1 Å². The largest absolute Gasteiger partial charge is 0.468 e. The molecule has 5 rings (SSSR count). The first-order valence-corrected chi connectivity index (χ1v) is 17.6. The molecule has 2 unspecified atom stereocenters. The molecule has 0 fully saturated rings. The van der Waals surface area contributed by atoms with E-state index in [1.807, 2.05) is 24.3 Å². The average Bonchev–Trinajstić information content (AvgIpc) is 3.14. The van der Waals surface area contributed by atoms with Gasteiger partial charge < -0.3 is 29.7 Å². The SMILES string of the molecule is COC(=O)C(Cc1ccc(-c2cc(Cl)cn(C)c2=O)cc1)NC(=O)c1c(C)cccc1Cl.COC(=O)C(N)Cc1ccc(-c2cc(Cl)cn(C)c2=O)cc1.Cl. The van der Waals surface area contributed by atoms with Gasteiger partial charge in [0.1, 0.15) is 12.1 Å². The van der Waals surface area contributed by atoms with Gasteiger partial charge in [0, 0.05) is 44.0 Å². The van der Waals surface area contributed by atoms with Crippen LogP contribution in [0.1, 0.15) is 27.0 Å². The molecule has 0 saturated carbocycles. The molecule has 3 N–H and O–H groups in total. The monoisotopic (exact) mass is 828 g/mol. The van der Waals surface area contributed by atoms with E-state index >= 15 is 0 Å². The second-order valence-corrected chi connectivity index (χ2v) is 13.7. The summed E-state index contributed by atoms with van der Waals surface area (Å²) >= 11 is 18.3. The number of hydrogen-bond donors (Lipinski definition) is 2. The Morgan fingerprint density at radius 1 is 0.727 bits per heavy atom. The number of rotatable bonds is 10. The molecule has 1 amide bonds. The lowest BCUT2D eigenvalue weighted by Gasteiger charge is -2.18. The minimum absolute atomic E-state index is 0. The van der Waals surface area contributed by atoms with E-state index in [-0.39, 0.29) is 29.9 Å². The van der Waals surface area contributed by atoms with E-state index in [1.165, 1.54) is 23.4 Å². The van der Waals surface area contributed by atoms with Gasteiger partial charge in [-0.25, -0.2) is 4.79 Å². The lowest BCUT2D eigenvalue weighted by Crippen LogP contribution is -2.43. The summed E-state index contributed by atoms with van der Waals surface area (Å²) in [6.45, 7) is 1.77. The van der Waals surface area contributed by atoms with Crippen LogP contribution in [0.25, 0.3) is 22.3 Å². The molecule has 15 heteroatoms. The zero-order valence-corrected chi connectivity index (χ0v) is 33.7. The standard InChI is InChI=1S/C24H22Cl2N2O4.C16H17ClN2O3.ClH/c1-14-5-4-6-19(26)21(14)22(29)27-20(24(31)32-3)11-15-7-9-16(10-8-15)18-12-17(25)13-28(2)23(18)30;1-19-9-12(17)8-13(15(19)20)11-5-3-10(4-6-11)7-14(18)16(21)22-2;/h4-10,12-13,20H,11H2,1-3H3,(H,27,29);3-6,8-9,14H,7,18H2,1-2H3;1H. The first-order chi connectivity index (χ1) is 25.6. The molecule has 11 nitrogen and oxygen atoms in total. The highest BCUT2D eigenvalue weighted by Gasteiger charge is 2.25. The highest BCUT2D eigenvalue weighted by Crippen LogP contribution is 2.23. The van der Waals surface area contributed by atoms with Crippen molar-refractivity contribution in [2.24, 2.45) is 19.8 Å². The molecule has 0 aliphatic heterocycles. The van der Waals surface area contributed by atoms with Gasteiger partial charge in [0.05, 0.1) is 34.9 Å². The lowest BCUT2D eigenvalue weighted by atomic mass is 10.0. The minimum atomic E-state index is -0.909. The quantitative estimate of drug-likeness (QED) is 0.155. The number of benzene rings is 3. The van der Waals surface area contributed by atoms with Crippen LogP contribution in [-0.4, -0.2) is 53.3 Å². The number of carbonyl (C=O) groups is 3. The van der Waals surface area contributed by atoms with Crippen molar-refractivity contribution in [3.05, 3.63) is 149 Å². The van der Waals surface area contributed by atoms with E-state index in [0.29, 0.717) is 49.3 Å². The normalized spacial score (nSPS) is 11.6. The highest BCUT2D eigenvalue weighted by atomic mass is 35.5. The number of halogens is 4. The summed E-state index contributed by atoms with van der Waals surface area (Å²) in [4.78, 5) is 61.0. The molecule has 2 heterocycles. The van der Waals surface area contributed by atoms with Crippen molar-refractivity contribution in [1.29, 1.82) is 0 Å². The number of amides is 1. The summed E-state index contributed by atoms with van der Waals surface area (Å²) in [5.41, 5.74) is 10.6. The molecule has 55 heavy (non-hydrogen) atoms. The molecule has 0 spiro atoms. The van der Waals surface area contributed by atoms with E-state index in [4.69, 9.17) is 45.3 Å². The lowest BCUT2D eigenvalue weighted by molar-refractivity contribution is -0.143. The van der Waals surface area contributed by atoms with Gasteiger partial charge in [-0.1, -0.05) is 95.5 Å². The van der Waals surface area contributed by atoms with Crippen molar-refractivity contribution in [3.63, 3.8) is 0 Å². The van der Waals surface area contributed by atoms with E-state index in [1.54, 1.807) is 88.0 Å². The van der Waals surface area contributed by atoms with E-state index in [0.717, 1.165) is 16.7 Å². The molecule has 2 atom stereocenters. The summed E-state index contributed by atoms with van der Waals surface area (Å²) in [7, 11) is 5.86. The third-order valence-corrected chi connectivity index (χ3v) is 9.20. The second kappa shape index (κ2) is 20.1. The number of esters is 2. The summed E-state index contributed by atoms with van der Waals surface area (Å²) in [6, 6.07) is 21.2. The van der Waals surface area contributed by atoms with Crippen molar-refractivity contribution in [3.8, 4) is 22.3 Å².